The van der Waals surface area contributed by atoms with Crippen molar-refractivity contribution in [2.45, 2.75) is 25.3 Å². The van der Waals surface area contributed by atoms with Crippen LogP contribution < -0.4 is 10.2 Å². The van der Waals surface area contributed by atoms with Gasteiger partial charge in [-0.1, -0.05) is 0 Å². The van der Waals surface area contributed by atoms with Crippen LogP contribution in [0.3, 0.4) is 0 Å². The van der Waals surface area contributed by atoms with Crippen LogP contribution in [-0.4, -0.2) is 53.9 Å². The van der Waals surface area contributed by atoms with Crippen LogP contribution in [0.4, 0.5) is 11.4 Å². The van der Waals surface area contributed by atoms with E-state index in [1.54, 1.807) is 17.0 Å². The van der Waals surface area contributed by atoms with E-state index in [0.717, 1.165) is 19.3 Å². The molecule has 2 heterocycles. The Morgan fingerprint density at radius 3 is 2.62 bits per heavy atom. The van der Waals surface area contributed by atoms with Crippen LogP contribution in [-0.2, 0) is 0 Å². The molecule has 2 aromatic rings. The molecule has 9 heteroatoms. The monoisotopic (exact) mass is 414 g/mol. The molecule has 2 aliphatic rings. The molecule has 1 aromatic carbocycles. The molecule has 152 valence electrons. The lowest BCUT2D eigenvalue weighted by Crippen LogP contribution is -2.35. The summed E-state index contributed by atoms with van der Waals surface area (Å²) in [7, 11) is 0. The highest BCUT2D eigenvalue weighted by Gasteiger charge is 2.28. The molecule has 0 spiro atoms. The smallest absolute Gasteiger partial charge is 0.293 e. The van der Waals surface area contributed by atoms with E-state index in [1.807, 2.05) is 21.7 Å². The van der Waals surface area contributed by atoms with Gasteiger partial charge in [-0.15, -0.1) is 0 Å². The molecule has 0 atom stereocenters. The topological polar surface area (TPSA) is 95.8 Å². The van der Waals surface area contributed by atoms with E-state index >= 15 is 0 Å². The predicted octanol–water partition coefficient (Wildman–Crippen LogP) is 2.90. The van der Waals surface area contributed by atoms with Gasteiger partial charge in [-0.2, -0.15) is 11.3 Å². The molecule has 2 fully saturated rings. The first-order valence-corrected chi connectivity index (χ1v) is 10.6. The van der Waals surface area contributed by atoms with Crippen LogP contribution in [0, 0.1) is 10.1 Å². The summed E-state index contributed by atoms with van der Waals surface area (Å²) in [5.41, 5.74) is 1.39. The van der Waals surface area contributed by atoms with Crippen molar-refractivity contribution in [2.24, 2.45) is 0 Å². The number of nitrogens with one attached hydrogen (secondary N) is 1. The first-order valence-electron chi connectivity index (χ1n) is 9.68. The molecule has 0 unspecified atom stereocenters. The van der Waals surface area contributed by atoms with E-state index in [1.165, 1.54) is 17.4 Å². The zero-order chi connectivity index (χ0) is 20.4. The van der Waals surface area contributed by atoms with E-state index < -0.39 is 4.92 Å². The number of benzene rings is 1. The number of nitro groups is 1. The van der Waals surface area contributed by atoms with Gasteiger partial charge in [0.15, 0.2) is 0 Å². The summed E-state index contributed by atoms with van der Waals surface area (Å²) in [6.07, 6.45) is 2.64. The number of carbonyl (C=O) groups is 2. The highest BCUT2D eigenvalue weighted by molar-refractivity contribution is 7.08. The Labute approximate surface area is 172 Å². The average molecular weight is 414 g/mol. The molecule has 1 aliphatic carbocycles. The number of rotatable bonds is 5. The van der Waals surface area contributed by atoms with Crippen LogP contribution in [0.25, 0.3) is 0 Å². The van der Waals surface area contributed by atoms with E-state index in [-0.39, 0.29) is 23.5 Å². The molecule has 1 saturated carbocycles. The van der Waals surface area contributed by atoms with E-state index in [0.29, 0.717) is 43.0 Å². The first kappa shape index (κ1) is 19.4. The maximum Gasteiger partial charge on any atom is 0.293 e. The third-order valence-corrected chi connectivity index (χ3v) is 5.92. The molecule has 1 aromatic heterocycles. The summed E-state index contributed by atoms with van der Waals surface area (Å²) in [6.45, 7) is 2.23. The van der Waals surface area contributed by atoms with Crippen LogP contribution in [0.1, 0.15) is 40.0 Å². The van der Waals surface area contributed by atoms with Crippen LogP contribution in [0.2, 0.25) is 0 Å². The SMILES string of the molecule is O=C(NC1CC1)c1ccc(N2CCCN(C(=O)c3ccsc3)CC2)c([N+](=O)[O-])c1. The summed E-state index contributed by atoms with van der Waals surface area (Å²) in [5, 5.41) is 18.2. The van der Waals surface area contributed by atoms with Gasteiger partial charge in [0, 0.05) is 49.2 Å². The molecule has 1 saturated heterocycles. The zero-order valence-corrected chi connectivity index (χ0v) is 16.7. The van der Waals surface area contributed by atoms with Crippen LogP contribution in [0.15, 0.2) is 35.0 Å². The highest BCUT2D eigenvalue weighted by Crippen LogP contribution is 2.31. The summed E-state index contributed by atoms with van der Waals surface area (Å²) in [4.78, 5) is 39.8. The quantitative estimate of drug-likeness (QED) is 0.600. The second-order valence-corrected chi connectivity index (χ2v) is 8.13. The van der Waals surface area contributed by atoms with Gasteiger partial charge >= 0.3 is 0 Å². The third-order valence-electron chi connectivity index (χ3n) is 5.24. The number of carbonyl (C=O) groups excluding carboxylic acids is 2. The van der Waals surface area contributed by atoms with Gasteiger partial charge in [0.1, 0.15) is 5.69 Å². The molecule has 29 heavy (non-hydrogen) atoms. The summed E-state index contributed by atoms with van der Waals surface area (Å²) in [5.74, 6) is -0.278. The van der Waals surface area contributed by atoms with Gasteiger partial charge in [0.25, 0.3) is 17.5 Å². The molecule has 8 nitrogen and oxygen atoms in total. The Morgan fingerprint density at radius 1 is 1.10 bits per heavy atom. The number of nitro benzene ring substituents is 1. The van der Waals surface area contributed by atoms with Gasteiger partial charge in [-0.25, -0.2) is 0 Å². The maximum atomic E-state index is 12.6. The third kappa shape index (κ3) is 4.40. The van der Waals surface area contributed by atoms with Gasteiger partial charge < -0.3 is 15.1 Å². The van der Waals surface area contributed by atoms with Crippen molar-refractivity contribution < 1.29 is 14.5 Å². The van der Waals surface area contributed by atoms with Gasteiger partial charge in [0.05, 0.1) is 10.5 Å². The Bertz CT molecular complexity index is 927. The van der Waals surface area contributed by atoms with Crippen molar-refractivity contribution in [1.29, 1.82) is 0 Å². The summed E-state index contributed by atoms with van der Waals surface area (Å²) < 4.78 is 0. The fourth-order valence-electron chi connectivity index (χ4n) is 3.50. The minimum atomic E-state index is -0.442. The van der Waals surface area contributed by atoms with Gasteiger partial charge in [0.2, 0.25) is 0 Å². The van der Waals surface area contributed by atoms with Crippen LogP contribution in [0.5, 0.6) is 0 Å². The van der Waals surface area contributed by atoms with E-state index in [9.17, 15) is 19.7 Å². The molecule has 1 aliphatic heterocycles. The van der Waals surface area contributed by atoms with Crippen molar-refractivity contribution >= 4 is 34.5 Å². The summed E-state index contributed by atoms with van der Waals surface area (Å²) in [6, 6.07) is 6.65. The van der Waals surface area contributed by atoms with E-state index in [4.69, 9.17) is 0 Å². The second-order valence-electron chi connectivity index (χ2n) is 7.35. The fraction of sp³-hybridized carbons (Fsp3) is 0.400. The number of nitrogens with zero attached hydrogens (tertiary/aromatic N) is 3. The molecular formula is C20H22N4O4S. The number of thiophene rings is 1. The Morgan fingerprint density at radius 2 is 1.93 bits per heavy atom. The van der Waals surface area contributed by atoms with Crippen molar-refractivity contribution in [1.82, 2.24) is 10.2 Å². The first-order chi connectivity index (χ1) is 14.0. The normalized spacial score (nSPS) is 17.0. The zero-order valence-electron chi connectivity index (χ0n) is 15.9. The van der Waals surface area contributed by atoms with Gasteiger partial charge in [-0.3, -0.25) is 19.7 Å². The lowest BCUT2D eigenvalue weighted by atomic mass is 10.1. The van der Waals surface area contributed by atoms with E-state index in [2.05, 4.69) is 5.32 Å². The Balaban J connectivity index is 1.50. The Kier molecular flexibility index (Phi) is 5.48. The largest absolute Gasteiger partial charge is 0.364 e. The lowest BCUT2D eigenvalue weighted by molar-refractivity contribution is -0.384. The molecule has 2 amide bonds. The molecule has 1 N–H and O–H groups in total. The highest BCUT2D eigenvalue weighted by atomic mass is 32.1. The minimum Gasteiger partial charge on any atom is -0.364 e. The number of hydrogen-bond acceptors (Lipinski definition) is 6. The molecule has 4 rings (SSSR count). The Hall–Kier alpha value is -2.94. The van der Waals surface area contributed by atoms with Crippen molar-refractivity contribution in [3.05, 3.63) is 56.3 Å². The predicted molar refractivity (Wildman–Crippen MR) is 111 cm³/mol. The molecule has 0 bridgehead atoms. The van der Waals surface area contributed by atoms with Crippen LogP contribution >= 0.6 is 11.3 Å². The number of hydrogen-bond donors (Lipinski definition) is 1. The number of amides is 2. The number of anilines is 1. The van der Waals surface area contributed by atoms with Crippen molar-refractivity contribution in [2.75, 3.05) is 31.1 Å². The molecular weight excluding hydrogens is 392 g/mol. The van der Waals surface area contributed by atoms with Crippen molar-refractivity contribution in [3.63, 3.8) is 0 Å². The molecule has 0 radical (unpaired) electrons. The van der Waals surface area contributed by atoms with Crippen molar-refractivity contribution in [3.8, 4) is 0 Å². The average Bonchev–Trinajstić information content (AvgIpc) is 3.43. The van der Waals surface area contributed by atoms with Gasteiger partial charge in [-0.05, 0) is 42.8 Å². The fourth-order valence-corrected chi connectivity index (χ4v) is 4.13. The summed E-state index contributed by atoms with van der Waals surface area (Å²) >= 11 is 1.49. The lowest BCUT2D eigenvalue weighted by Gasteiger charge is -2.23. The minimum absolute atomic E-state index is 0.00491. The standard InChI is InChI=1S/C20H22N4O4S/c25-19(21-16-3-4-16)14-2-5-17(18(12-14)24(27)28)22-7-1-8-23(10-9-22)20(26)15-6-11-29-13-15/h2,5-6,11-13,16H,1,3-4,7-10H2,(H,21,25). The maximum absolute atomic E-state index is 12.6. The second kappa shape index (κ2) is 8.20.